The van der Waals surface area contributed by atoms with Crippen molar-refractivity contribution < 1.29 is 14.6 Å². The van der Waals surface area contributed by atoms with Gasteiger partial charge in [-0.25, -0.2) is 0 Å². The Morgan fingerprint density at radius 3 is 2.35 bits per heavy atom. The van der Waals surface area contributed by atoms with Crippen LogP contribution in [0.15, 0.2) is 48.5 Å². The molecule has 1 atom stereocenters. The van der Waals surface area contributed by atoms with E-state index in [0.29, 0.717) is 10.7 Å². The molecule has 2 aromatic rings. The van der Waals surface area contributed by atoms with Crippen LogP contribution in [0.3, 0.4) is 0 Å². The Bertz CT molecular complexity index is 683. The van der Waals surface area contributed by atoms with Gasteiger partial charge >= 0.3 is 5.97 Å². The number of benzene rings is 2. The number of para-hydroxylation sites is 2. The van der Waals surface area contributed by atoms with Crippen molar-refractivity contribution in [3.05, 3.63) is 59.1 Å². The molecule has 0 unspecified atom stereocenters. The molecule has 5 heteroatoms. The van der Waals surface area contributed by atoms with E-state index in [0.717, 1.165) is 5.56 Å². The van der Waals surface area contributed by atoms with E-state index < -0.39 is 11.5 Å². The molecule has 2 aromatic carbocycles. The molecule has 23 heavy (non-hydrogen) atoms. The minimum Gasteiger partial charge on any atom is -0.506 e. The summed E-state index contributed by atoms with van der Waals surface area (Å²) in [6.07, 6.45) is 0. The number of anilines is 1. The minimum absolute atomic E-state index is 0.118. The Morgan fingerprint density at radius 1 is 1.17 bits per heavy atom. The smallest absolute Gasteiger partial charge is 0.313 e. The van der Waals surface area contributed by atoms with Crippen LogP contribution in [0.2, 0.25) is 5.02 Å². The minimum atomic E-state index is -0.856. The maximum Gasteiger partial charge on any atom is 0.313 e. The van der Waals surface area contributed by atoms with Gasteiger partial charge in [0, 0.05) is 5.02 Å². The molecule has 0 saturated heterocycles. The third kappa shape index (κ3) is 3.77. The first-order chi connectivity index (χ1) is 10.9. The molecular formula is C18H20ClNO3. The average molecular weight is 334 g/mol. The molecule has 0 radical (unpaired) electrons. The third-order valence-corrected chi connectivity index (χ3v) is 4.09. The number of rotatable bonds is 5. The zero-order chi connectivity index (χ0) is 17.0. The molecule has 2 N–H and O–H groups in total. The lowest BCUT2D eigenvalue weighted by Gasteiger charge is -2.33. The van der Waals surface area contributed by atoms with Gasteiger partial charge in [0.1, 0.15) is 5.75 Å². The van der Waals surface area contributed by atoms with E-state index in [9.17, 15) is 9.90 Å². The van der Waals surface area contributed by atoms with Crippen LogP contribution in [-0.4, -0.2) is 18.2 Å². The highest BCUT2D eigenvalue weighted by atomic mass is 35.5. The maximum atomic E-state index is 12.2. The number of methoxy groups -OCH3 is 1. The van der Waals surface area contributed by atoms with Crippen LogP contribution >= 0.6 is 11.6 Å². The molecule has 0 saturated carbocycles. The van der Waals surface area contributed by atoms with Crippen LogP contribution in [0.1, 0.15) is 25.5 Å². The molecule has 0 aromatic heterocycles. The first kappa shape index (κ1) is 17.2. The molecule has 0 bridgehead atoms. The van der Waals surface area contributed by atoms with Crippen LogP contribution in [0, 0.1) is 5.41 Å². The van der Waals surface area contributed by atoms with Gasteiger partial charge in [0.15, 0.2) is 0 Å². The number of hydrogen-bond donors (Lipinski definition) is 2. The SMILES string of the molecule is COC(=O)C(C)(C)[C@@H](Nc1ccccc1O)c1ccc(Cl)cc1. The summed E-state index contributed by atoms with van der Waals surface area (Å²) in [5.74, 6) is -0.229. The summed E-state index contributed by atoms with van der Waals surface area (Å²) in [5, 5.41) is 13.9. The van der Waals surface area contributed by atoms with Crippen molar-refractivity contribution in [3.8, 4) is 5.75 Å². The lowest BCUT2D eigenvalue weighted by molar-refractivity contribution is -0.151. The lowest BCUT2D eigenvalue weighted by Crippen LogP contribution is -2.36. The molecule has 0 amide bonds. The summed E-state index contributed by atoms with van der Waals surface area (Å²) >= 11 is 5.95. The Morgan fingerprint density at radius 2 is 1.78 bits per heavy atom. The Labute approximate surface area is 141 Å². The number of carbonyl (C=O) groups excluding carboxylic acids is 1. The van der Waals surface area contributed by atoms with Crippen LogP contribution in [0.5, 0.6) is 5.75 Å². The van der Waals surface area contributed by atoms with Crippen LogP contribution < -0.4 is 5.32 Å². The quantitative estimate of drug-likeness (QED) is 0.629. The topological polar surface area (TPSA) is 58.6 Å². The number of halogens is 1. The summed E-state index contributed by atoms with van der Waals surface area (Å²) in [5.41, 5.74) is 0.558. The Hall–Kier alpha value is -2.20. The number of hydrogen-bond acceptors (Lipinski definition) is 4. The Balaban J connectivity index is 2.45. The normalized spacial score (nSPS) is 12.5. The van der Waals surface area contributed by atoms with E-state index in [-0.39, 0.29) is 11.7 Å². The fraction of sp³-hybridized carbons (Fsp3) is 0.278. The molecule has 0 aliphatic heterocycles. The maximum absolute atomic E-state index is 12.2. The molecule has 0 aliphatic carbocycles. The van der Waals surface area contributed by atoms with Gasteiger partial charge in [0.25, 0.3) is 0 Å². The summed E-state index contributed by atoms with van der Waals surface area (Å²) in [4.78, 5) is 12.2. The van der Waals surface area contributed by atoms with Crippen molar-refractivity contribution in [2.24, 2.45) is 5.41 Å². The summed E-state index contributed by atoms with van der Waals surface area (Å²) < 4.78 is 4.94. The van der Waals surface area contributed by atoms with E-state index in [1.165, 1.54) is 7.11 Å². The lowest BCUT2D eigenvalue weighted by atomic mass is 9.80. The predicted molar refractivity (Wildman–Crippen MR) is 91.7 cm³/mol. The number of carbonyl (C=O) groups is 1. The zero-order valence-electron chi connectivity index (χ0n) is 13.3. The van der Waals surface area contributed by atoms with E-state index in [1.807, 2.05) is 18.2 Å². The van der Waals surface area contributed by atoms with Gasteiger partial charge in [-0.15, -0.1) is 0 Å². The van der Waals surface area contributed by atoms with E-state index in [2.05, 4.69) is 5.32 Å². The standard InChI is InChI=1S/C18H20ClNO3/c1-18(2,17(22)23-3)16(12-8-10-13(19)11-9-12)20-14-6-4-5-7-15(14)21/h4-11,16,20-21H,1-3H3/t16-/m0/s1. The fourth-order valence-electron chi connectivity index (χ4n) is 2.47. The fourth-order valence-corrected chi connectivity index (χ4v) is 2.59. The zero-order valence-corrected chi connectivity index (χ0v) is 14.1. The second-order valence-electron chi connectivity index (χ2n) is 5.86. The molecule has 0 aliphatic rings. The van der Waals surface area contributed by atoms with Gasteiger partial charge in [-0.1, -0.05) is 35.9 Å². The number of aromatic hydroxyl groups is 1. The number of phenols is 1. The van der Waals surface area contributed by atoms with Crippen molar-refractivity contribution >= 4 is 23.3 Å². The van der Waals surface area contributed by atoms with Gasteiger partial charge in [0.2, 0.25) is 0 Å². The summed E-state index contributed by atoms with van der Waals surface area (Å²) in [6.45, 7) is 3.59. The van der Waals surface area contributed by atoms with Gasteiger partial charge in [-0.05, 0) is 43.7 Å². The predicted octanol–water partition coefficient (Wildman–Crippen LogP) is 4.40. The molecule has 122 valence electrons. The van der Waals surface area contributed by atoms with Gasteiger partial charge < -0.3 is 15.2 Å². The highest BCUT2D eigenvalue weighted by Gasteiger charge is 2.39. The average Bonchev–Trinajstić information content (AvgIpc) is 2.54. The number of ether oxygens (including phenoxy) is 1. The van der Waals surface area contributed by atoms with Crippen molar-refractivity contribution in [2.45, 2.75) is 19.9 Å². The highest BCUT2D eigenvalue weighted by molar-refractivity contribution is 6.30. The van der Waals surface area contributed by atoms with Crippen LogP contribution in [-0.2, 0) is 9.53 Å². The first-order valence-electron chi connectivity index (χ1n) is 7.24. The number of nitrogens with one attached hydrogen (secondary N) is 1. The molecule has 0 spiro atoms. The molecular weight excluding hydrogens is 314 g/mol. The molecule has 4 nitrogen and oxygen atoms in total. The molecule has 0 fully saturated rings. The van der Waals surface area contributed by atoms with Gasteiger partial charge in [-0.3, -0.25) is 4.79 Å². The summed E-state index contributed by atoms with van der Waals surface area (Å²) in [6, 6.07) is 13.7. The van der Waals surface area contributed by atoms with Crippen molar-refractivity contribution in [1.82, 2.24) is 0 Å². The number of phenolic OH excluding ortho intramolecular Hbond substituents is 1. The van der Waals surface area contributed by atoms with E-state index >= 15 is 0 Å². The number of esters is 1. The monoisotopic (exact) mass is 333 g/mol. The summed E-state index contributed by atoms with van der Waals surface area (Å²) in [7, 11) is 1.36. The third-order valence-electron chi connectivity index (χ3n) is 3.84. The van der Waals surface area contributed by atoms with E-state index in [4.69, 9.17) is 16.3 Å². The van der Waals surface area contributed by atoms with E-state index in [1.54, 1.807) is 44.2 Å². The highest BCUT2D eigenvalue weighted by Crippen LogP contribution is 2.39. The molecule has 0 heterocycles. The molecule has 2 rings (SSSR count). The van der Waals surface area contributed by atoms with Crippen molar-refractivity contribution in [2.75, 3.05) is 12.4 Å². The van der Waals surface area contributed by atoms with Crippen LogP contribution in [0.4, 0.5) is 5.69 Å². The van der Waals surface area contributed by atoms with Gasteiger partial charge in [-0.2, -0.15) is 0 Å². The second kappa shape index (κ2) is 6.92. The second-order valence-corrected chi connectivity index (χ2v) is 6.30. The Kier molecular flexibility index (Phi) is 5.16. The first-order valence-corrected chi connectivity index (χ1v) is 7.62. The largest absolute Gasteiger partial charge is 0.506 e. The van der Waals surface area contributed by atoms with Crippen molar-refractivity contribution in [3.63, 3.8) is 0 Å². The van der Waals surface area contributed by atoms with Crippen LogP contribution in [0.25, 0.3) is 0 Å². The van der Waals surface area contributed by atoms with Crippen molar-refractivity contribution in [1.29, 1.82) is 0 Å². The van der Waals surface area contributed by atoms with Gasteiger partial charge in [0.05, 0.1) is 24.3 Å².